The standard InChI is InChI=1S/C20H20F2N4OS/c1-20(2,3)14-5-8-16(9-6-14)27-12-18-24-25-19(28)26(18)23-11-13-4-7-15(21)10-17(13)22/h4-11H,12H2,1-3H3,(H,25,28)/b23-11-. The van der Waals surface area contributed by atoms with E-state index < -0.39 is 11.6 Å². The molecule has 0 saturated heterocycles. The molecule has 0 amide bonds. The molecule has 3 rings (SSSR count). The van der Waals surface area contributed by atoms with E-state index in [9.17, 15) is 8.78 Å². The van der Waals surface area contributed by atoms with Gasteiger partial charge >= 0.3 is 0 Å². The maximum atomic E-state index is 13.8. The lowest BCUT2D eigenvalue weighted by atomic mass is 9.87. The lowest BCUT2D eigenvalue weighted by molar-refractivity contribution is 0.290. The van der Waals surface area contributed by atoms with Crippen LogP contribution < -0.4 is 4.74 Å². The Bertz CT molecular complexity index is 1050. The van der Waals surface area contributed by atoms with E-state index >= 15 is 0 Å². The van der Waals surface area contributed by atoms with Gasteiger partial charge in [-0.05, 0) is 47.5 Å². The molecule has 0 aliphatic carbocycles. The average molecular weight is 402 g/mol. The normalized spacial score (nSPS) is 11.9. The highest BCUT2D eigenvalue weighted by Crippen LogP contribution is 2.24. The zero-order chi connectivity index (χ0) is 20.3. The summed E-state index contributed by atoms with van der Waals surface area (Å²) in [6.07, 6.45) is 1.25. The molecule has 146 valence electrons. The first-order valence-electron chi connectivity index (χ1n) is 8.63. The monoisotopic (exact) mass is 402 g/mol. The summed E-state index contributed by atoms with van der Waals surface area (Å²) in [5.41, 5.74) is 1.40. The van der Waals surface area contributed by atoms with Crippen molar-refractivity contribution < 1.29 is 13.5 Å². The second-order valence-electron chi connectivity index (χ2n) is 7.23. The van der Waals surface area contributed by atoms with Gasteiger partial charge in [-0.25, -0.2) is 13.9 Å². The van der Waals surface area contributed by atoms with Gasteiger partial charge in [0.1, 0.15) is 24.0 Å². The van der Waals surface area contributed by atoms with Gasteiger partial charge in [-0.3, -0.25) is 0 Å². The minimum atomic E-state index is -0.712. The van der Waals surface area contributed by atoms with E-state index in [4.69, 9.17) is 17.0 Å². The molecule has 1 heterocycles. The Balaban J connectivity index is 1.74. The second kappa shape index (κ2) is 8.02. The average Bonchev–Trinajstić information content (AvgIpc) is 2.99. The molecule has 0 unspecified atom stereocenters. The number of hydrogen-bond acceptors (Lipinski definition) is 4. The highest BCUT2D eigenvalue weighted by Gasteiger charge is 2.13. The lowest BCUT2D eigenvalue weighted by Gasteiger charge is -2.19. The fourth-order valence-corrected chi connectivity index (χ4v) is 2.66. The predicted molar refractivity (Wildman–Crippen MR) is 106 cm³/mol. The molecule has 28 heavy (non-hydrogen) atoms. The molecule has 0 radical (unpaired) electrons. The van der Waals surface area contributed by atoms with Gasteiger partial charge in [0.05, 0.1) is 6.21 Å². The van der Waals surface area contributed by atoms with Crippen molar-refractivity contribution in [3.8, 4) is 5.75 Å². The molecule has 0 aliphatic heterocycles. The second-order valence-corrected chi connectivity index (χ2v) is 7.62. The Morgan fingerprint density at radius 3 is 2.54 bits per heavy atom. The Hall–Kier alpha value is -2.87. The number of nitrogens with zero attached hydrogens (tertiary/aromatic N) is 3. The summed E-state index contributed by atoms with van der Waals surface area (Å²) in [5, 5.41) is 10.9. The molecule has 5 nitrogen and oxygen atoms in total. The van der Waals surface area contributed by atoms with Crippen molar-refractivity contribution in [2.24, 2.45) is 5.10 Å². The third-order valence-corrected chi connectivity index (χ3v) is 4.34. The highest BCUT2D eigenvalue weighted by atomic mass is 32.1. The van der Waals surface area contributed by atoms with Crippen molar-refractivity contribution in [3.63, 3.8) is 0 Å². The minimum Gasteiger partial charge on any atom is -0.486 e. The molecule has 3 aromatic rings. The van der Waals surface area contributed by atoms with Crippen molar-refractivity contribution in [3.05, 3.63) is 75.8 Å². The molecule has 2 aromatic carbocycles. The van der Waals surface area contributed by atoms with Crippen LogP contribution in [0, 0.1) is 16.4 Å². The molecular formula is C20H20F2N4OS. The zero-order valence-electron chi connectivity index (χ0n) is 15.7. The number of aromatic nitrogens is 3. The molecule has 1 aromatic heterocycles. The van der Waals surface area contributed by atoms with Crippen LogP contribution in [0.5, 0.6) is 5.75 Å². The Morgan fingerprint density at radius 2 is 1.89 bits per heavy atom. The van der Waals surface area contributed by atoms with Gasteiger partial charge in [0.2, 0.25) is 4.77 Å². The number of halogens is 2. The van der Waals surface area contributed by atoms with E-state index in [1.807, 2.05) is 24.3 Å². The van der Waals surface area contributed by atoms with Crippen molar-refractivity contribution >= 4 is 18.4 Å². The third-order valence-electron chi connectivity index (χ3n) is 4.08. The van der Waals surface area contributed by atoms with Gasteiger partial charge in [0.25, 0.3) is 0 Å². The predicted octanol–water partition coefficient (Wildman–Crippen LogP) is 4.98. The fourth-order valence-electron chi connectivity index (χ4n) is 2.46. The summed E-state index contributed by atoms with van der Waals surface area (Å²) in [7, 11) is 0. The summed E-state index contributed by atoms with van der Waals surface area (Å²) in [4.78, 5) is 0. The van der Waals surface area contributed by atoms with Crippen LogP contribution >= 0.6 is 12.2 Å². The summed E-state index contributed by atoms with van der Waals surface area (Å²) >= 11 is 5.15. The molecular weight excluding hydrogens is 382 g/mol. The third kappa shape index (κ3) is 4.69. The van der Waals surface area contributed by atoms with Crippen molar-refractivity contribution in [1.82, 2.24) is 14.9 Å². The maximum Gasteiger partial charge on any atom is 0.216 e. The van der Waals surface area contributed by atoms with Crippen molar-refractivity contribution in [2.45, 2.75) is 32.8 Å². The molecule has 0 atom stereocenters. The van der Waals surface area contributed by atoms with Crippen molar-refractivity contribution in [1.29, 1.82) is 0 Å². The van der Waals surface area contributed by atoms with E-state index in [0.29, 0.717) is 11.6 Å². The van der Waals surface area contributed by atoms with Crippen LogP contribution in [0.3, 0.4) is 0 Å². The maximum absolute atomic E-state index is 13.8. The van der Waals surface area contributed by atoms with Gasteiger partial charge in [-0.2, -0.15) is 14.9 Å². The Labute approximate surface area is 166 Å². The van der Waals surface area contributed by atoms with Crippen LogP contribution in [0.25, 0.3) is 0 Å². The largest absolute Gasteiger partial charge is 0.486 e. The number of nitrogens with one attached hydrogen (secondary N) is 1. The number of hydrogen-bond donors (Lipinski definition) is 1. The van der Waals surface area contributed by atoms with Gasteiger partial charge in [0, 0.05) is 11.6 Å². The number of rotatable bonds is 5. The van der Waals surface area contributed by atoms with Gasteiger partial charge in [0.15, 0.2) is 5.82 Å². The van der Waals surface area contributed by atoms with Crippen LogP contribution in [0.1, 0.15) is 37.7 Å². The van der Waals surface area contributed by atoms with E-state index in [-0.39, 0.29) is 22.4 Å². The van der Waals surface area contributed by atoms with E-state index in [0.717, 1.165) is 12.1 Å². The van der Waals surface area contributed by atoms with Crippen LogP contribution in [0.15, 0.2) is 47.6 Å². The van der Waals surface area contributed by atoms with Crippen LogP contribution in [-0.2, 0) is 12.0 Å². The van der Waals surface area contributed by atoms with Crippen LogP contribution in [-0.4, -0.2) is 21.1 Å². The fraction of sp³-hybridized carbons (Fsp3) is 0.250. The number of aromatic amines is 1. The van der Waals surface area contributed by atoms with Crippen LogP contribution in [0.4, 0.5) is 8.78 Å². The zero-order valence-corrected chi connectivity index (χ0v) is 16.6. The summed E-state index contributed by atoms with van der Waals surface area (Å²) in [6, 6.07) is 11.1. The first-order chi connectivity index (χ1) is 13.2. The quantitative estimate of drug-likeness (QED) is 0.484. The number of H-pyrrole nitrogens is 1. The van der Waals surface area contributed by atoms with Crippen molar-refractivity contribution in [2.75, 3.05) is 0 Å². The summed E-state index contributed by atoms with van der Waals surface area (Å²) in [6.45, 7) is 6.54. The molecule has 0 bridgehead atoms. The highest BCUT2D eigenvalue weighted by molar-refractivity contribution is 7.71. The topological polar surface area (TPSA) is 55.2 Å². The van der Waals surface area contributed by atoms with Gasteiger partial charge in [-0.15, -0.1) is 0 Å². The first kappa shape index (κ1) is 19.9. The van der Waals surface area contributed by atoms with E-state index in [1.165, 1.54) is 22.5 Å². The summed E-state index contributed by atoms with van der Waals surface area (Å²) < 4.78 is 34.1. The SMILES string of the molecule is CC(C)(C)c1ccc(OCc2n[nH]c(=S)n2/N=C\c2ccc(F)cc2F)cc1. The molecule has 8 heteroatoms. The number of benzene rings is 2. The number of ether oxygens (including phenoxy) is 1. The minimum absolute atomic E-state index is 0.0608. The molecule has 0 saturated carbocycles. The molecule has 1 N–H and O–H groups in total. The van der Waals surface area contributed by atoms with Gasteiger partial charge < -0.3 is 4.74 Å². The molecule has 0 aliphatic rings. The van der Waals surface area contributed by atoms with E-state index in [1.54, 1.807) is 0 Å². The Kier molecular flexibility index (Phi) is 5.69. The van der Waals surface area contributed by atoms with Crippen LogP contribution in [0.2, 0.25) is 0 Å². The Morgan fingerprint density at radius 1 is 1.18 bits per heavy atom. The molecule has 0 fully saturated rings. The molecule has 0 spiro atoms. The van der Waals surface area contributed by atoms with E-state index in [2.05, 4.69) is 36.1 Å². The smallest absolute Gasteiger partial charge is 0.216 e. The van der Waals surface area contributed by atoms with Gasteiger partial charge in [-0.1, -0.05) is 32.9 Å². The lowest BCUT2D eigenvalue weighted by Crippen LogP contribution is -2.10. The first-order valence-corrected chi connectivity index (χ1v) is 9.04. The summed E-state index contributed by atoms with van der Waals surface area (Å²) in [5.74, 6) is -0.262.